The van der Waals surface area contributed by atoms with Crippen LogP contribution in [-0.2, 0) is 16.6 Å². The van der Waals surface area contributed by atoms with Crippen LogP contribution in [0.2, 0.25) is 0 Å². The second-order valence-electron chi connectivity index (χ2n) is 9.49. The fourth-order valence-electron chi connectivity index (χ4n) is 2.21. The third-order valence-corrected chi connectivity index (χ3v) is 4.62. The summed E-state index contributed by atoms with van der Waals surface area (Å²) >= 11 is 1.69. The number of aliphatic imine (C=N–C) groups is 1. The molecule has 168 valence electrons. The highest BCUT2D eigenvalue weighted by Gasteiger charge is 2.24. The number of rotatable bonds is 6. The van der Waals surface area contributed by atoms with Gasteiger partial charge in [-0.1, -0.05) is 20.8 Å². The van der Waals surface area contributed by atoms with Gasteiger partial charge < -0.3 is 20.7 Å². The summed E-state index contributed by atoms with van der Waals surface area (Å²) in [6, 6.07) is 0. The van der Waals surface area contributed by atoms with E-state index >= 15 is 0 Å². The van der Waals surface area contributed by atoms with Gasteiger partial charge in [0, 0.05) is 37.4 Å². The molecule has 0 radical (unpaired) electrons. The SMILES string of the molecule is CN=C(NCCc1nc(C(C)(C)C)cs1)NCC(C)(C)NC(=O)OC(C)(C)C.I. The number of ether oxygens (including phenoxy) is 1. The summed E-state index contributed by atoms with van der Waals surface area (Å²) in [6.45, 7) is 17.1. The largest absolute Gasteiger partial charge is 0.444 e. The van der Waals surface area contributed by atoms with Crippen LogP contribution in [0.3, 0.4) is 0 Å². The molecule has 0 aromatic carbocycles. The molecule has 9 heteroatoms. The molecule has 0 saturated heterocycles. The molecule has 29 heavy (non-hydrogen) atoms. The van der Waals surface area contributed by atoms with Crippen molar-refractivity contribution < 1.29 is 9.53 Å². The van der Waals surface area contributed by atoms with Crippen molar-refractivity contribution in [3.8, 4) is 0 Å². The highest BCUT2D eigenvalue weighted by Crippen LogP contribution is 2.23. The van der Waals surface area contributed by atoms with Gasteiger partial charge in [-0.2, -0.15) is 0 Å². The number of halogens is 1. The lowest BCUT2D eigenvalue weighted by Gasteiger charge is -2.29. The highest BCUT2D eigenvalue weighted by molar-refractivity contribution is 14.0. The molecule has 7 nitrogen and oxygen atoms in total. The smallest absolute Gasteiger partial charge is 0.408 e. The van der Waals surface area contributed by atoms with Crippen molar-refractivity contribution in [2.75, 3.05) is 20.1 Å². The summed E-state index contributed by atoms with van der Waals surface area (Å²) in [5.41, 5.74) is 0.196. The number of carbonyl (C=O) groups excluding carboxylic acids is 1. The predicted octanol–water partition coefficient (Wildman–Crippen LogP) is 4.07. The van der Waals surface area contributed by atoms with Gasteiger partial charge in [0.1, 0.15) is 5.60 Å². The molecule has 0 unspecified atom stereocenters. The molecule has 1 amide bonds. The Morgan fingerprint density at radius 3 is 2.24 bits per heavy atom. The van der Waals surface area contributed by atoms with Gasteiger partial charge in [-0.25, -0.2) is 9.78 Å². The van der Waals surface area contributed by atoms with Crippen molar-refractivity contribution in [1.29, 1.82) is 0 Å². The number of hydrogen-bond donors (Lipinski definition) is 3. The third-order valence-electron chi connectivity index (χ3n) is 3.71. The van der Waals surface area contributed by atoms with E-state index in [-0.39, 0.29) is 29.4 Å². The maximum atomic E-state index is 12.0. The van der Waals surface area contributed by atoms with Crippen molar-refractivity contribution in [1.82, 2.24) is 20.9 Å². The van der Waals surface area contributed by atoms with Gasteiger partial charge >= 0.3 is 6.09 Å². The maximum absolute atomic E-state index is 12.0. The van der Waals surface area contributed by atoms with Crippen LogP contribution in [-0.4, -0.2) is 48.3 Å². The predicted molar refractivity (Wildman–Crippen MR) is 133 cm³/mol. The average Bonchev–Trinajstić information content (AvgIpc) is 2.97. The van der Waals surface area contributed by atoms with Gasteiger partial charge in [-0.15, -0.1) is 35.3 Å². The lowest BCUT2D eigenvalue weighted by molar-refractivity contribution is 0.0474. The Labute approximate surface area is 196 Å². The van der Waals surface area contributed by atoms with Crippen molar-refractivity contribution in [3.63, 3.8) is 0 Å². The topological polar surface area (TPSA) is 87.6 Å². The summed E-state index contributed by atoms with van der Waals surface area (Å²) in [5, 5.41) is 12.7. The van der Waals surface area contributed by atoms with Crippen LogP contribution in [0.1, 0.15) is 66.1 Å². The Kier molecular flexibility index (Phi) is 10.9. The minimum atomic E-state index is -0.520. The maximum Gasteiger partial charge on any atom is 0.408 e. The Bertz CT molecular complexity index is 675. The summed E-state index contributed by atoms with van der Waals surface area (Å²) in [4.78, 5) is 20.9. The monoisotopic (exact) mass is 539 g/mol. The van der Waals surface area contributed by atoms with E-state index in [0.29, 0.717) is 12.5 Å². The van der Waals surface area contributed by atoms with Crippen LogP contribution in [0.15, 0.2) is 10.4 Å². The van der Waals surface area contributed by atoms with Gasteiger partial charge in [-0.05, 0) is 34.6 Å². The number of nitrogens with one attached hydrogen (secondary N) is 3. The summed E-state index contributed by atoms with van der Waals surface area (Å²) in [5.74, 6) is 0.687. The minimum absolute atomic E-state index is 0. The fraction of sp³-hybridized carbons (Fsp3) is 0.750. The van der Waals surface area contributed by atoms with E-state index < -0.39 is 17.2 Å². The van der Waals surface area contributed by atoms with E-state index in [0.717, 1.165) is 23.7 Å². The molecule has 1 heterocycles. The number of carbonyl (C=O) groups is 1. The molecule has 0 aliphatic heterocycles. The molecule has 0 aliphatic rings. The lowest BCUT2D eigenvalue weighted by atomic mass is 9.93. The lowest BCUT2D eigenvalue weighted by Crippen LogP contribution is -2.54. The molecule has 0 aliphatic carbocycles. The second kappa shape index (κ2) is 11.3. The van der Waals surface area contributed by atoms with Crippen molar-refractivity contribution in [3.05, 3.63) is 16.1 Å². The first-order valence-electron chi connectivity index (χ1n) is 9.62. The second-order valence-corrected chi connectivity index (χ2v) is 10.4. The quantitative estimate of drug-likeness (QED) is 0.288. The molecule has 0 bridgehead atoms. The molecule has 0 spiro atoms. The van der Waals surface area contributed by atoms with Gasteiger partial charge in [0.15, 0.2) is 5.96 Å². The van der Waals surface area contributed by atoms with E-state index in [2.05, 4.69) is 47.1 Å². The number of alkyl carbamates (subject to hydrolysis) is 1. The van der Waals surface area contributed by atoms with Crippen LogP contribution >= 0.6 is 35.3 Å². The Hall–Kier alpha value is -1.10. The summed E-state index contributed by atoms with van der Waals surface area (Å²) in [6.07, 6.45) is 0.404. The van der Waals surface area contributed by atoms with Crippen molar-refractivity contribution in [2.45, 2.75) is 78.4 Å². The standard InChI is InChI=1S/C20H37N5O2S.HI/c1-18(2,3)14-12-28-15(24-14)10-11-22-16(21-9)23-13-20(7,8)25-17(26)27-19(4,5)6;/h12H,10-11,13H2,1-9H3,(H,25,26)(H2,21,22,23);1H. The van der Waals surface area contributed by atoms with Crippen molar-refractivity contribution >= 4 is 47.4 Å². The normalized spacial score (nSPS) is 12.8. The minimum Gasteiger partial charge on any atom is -0.444 e. The zero-order valence-electron chi connectivity index (χ0n) is 19.2. The van der Waals surface area contributed by atoms with Crippen LogP contribution in [0.5, 0.6) is 0 Å². The first-order chi connectivity index (χ1) is 12.7. The molecule has 1 aromatic rings. The van der Waals surface area contributed by atoms with Crippen LogP contribution in [0.25, 0.3) is 0 Å². The zero-order chi connectivity index (χ0) is 21.6. The van der Waals surface area contributed by atoms with Gasteiger partial charge in [-0.3, -0.25) is 4.99 Å². The zero-order valence-corrected chi connectivity index (χ0v) is 22.4. The Morgan fingerprint density at radius 2 is 1.76 bits per heavy atom. The van der Waals surface area contributed by atoms with Crippen LogP contribution in [0.4, 0.5) is 4.79 Å². The highest BCUT2D eigenvalue weighted by atomic mass is 127. The number of guanidine groups is 1. The number of aromatic nitrogens is 1. The molecule has 1 rings (SSSR count). The number of amides is 1. The molecule has 0 atom stereocenters. The van der Waals surface area contributed by atoms with E-state index in [4.69, 9.17) is 9.72 Å². The number of hydrogen-bond acceptors (Lipinski definition) is 5. The van der Waals surface area contributed by atoms with Gasteiger partial charge in [0.05, 0.1) is 16.2 Å². The number of thiazole rings is 1. The van der Waals surface area contributed by atoms with E-state index in [1.165, 1.54) is 0 Å². The Morgan fingerprint density at radius 1 is 1.14 bits per heavy atom. The van der Waals surface area contributed by atoms with E-state index in [9.17, 15) is 4.79 Å². The molecule has 3 N–H and O–H groups in total. The Balaban J connectivity index is 0.00000784. The fourth-order valence-corrected chi connectivity index (χ4v) is 3.23. The summed E-state index contributed by atoms with van der Waals surface area (Å²) < 4.78 is 5.32. The number of nitrogens with zero attached hydrogens (tertiary/aromatic N) is 2. The van der Waals surface area contributed by atoms with Gasteiger partial charge in [0.25, 0.3) is 0 Å². The first-order valence-corrected chi connectivity index (χ1v) is 10.5. The average molecular weight is 540 g/mol. The van der Waals surface area contributed by atoms with E-state index in [1.54, 1.807) is 18.4 Å². The van der Waals surface area contributed by atoms with Crippen LogP contribution in [0, 0.1) is 0 Å². The molecular weight excluding hydrogens is 501 g/mol. The van der Waals surface area contributed by atoms with E-state index in [1.807, 2.05) is 34.6 Å². The molecule has 0 saturated carbocycles. The summed E-state index contributed by atoms with van der Waals surface area (Å²) in [7, 11) is 1.73. The molecular formula is C20H38IN5O2S. The third kappa shape index (κ3) is 11.6. The molecule has 1 aromatic heterocycles. The van der Waals surface area contributed by atoms with Gasteiger partial charge in [0.2, 0.25) is 0 Å². The van der Waals surface area contributed by atoms with Crippen molar-refractivity contribution in [2.24, 2.45) is 4.99 Å². The first kappa shape index (κ1) is 27.9. The van der Waals surface area contributed by atoms with Crippen LogP contribution < -0.4 is 16.0 Å². The molecule has 0 fully saturated rings.